The molecule has 0 saturated heterocycles. The number of aromatic nitrogens is 2. The summed E-state index contributed by atoms with van der Waals surface area (Å²) in [5.41, 5.74) is 1.31. The second kappa shape index (κ2) is 8.39. The molecule has 0 saturated carbocycles. The molecule has 1 N–H and O–H groups in total. The molecule has 0 bridgehead atoms. The van der Waals surface area contributed by atoms with Gasteiger partial charge in [0.15, 0.2) is 6.61 Å². The highest BCUT2D eigenvalue weighted by Gasteiger charge is 2.39. The van der Waals surface area contributed by atoms with Gasteiger partial charge in [0.2, 0.25) is 5.89 Å². The van der Waals surface area contributed by atoms with Crippen LogP contribution < -0.4 is 14.8 Å². The standard InChI is InChI=1S/C22H19ClFN3O4/c1-13-3-5-15(6-4-13)30-21-27-26-20(31-21)22(2)10-14(11-22)25-19(28)12-29-16-7-8-17(23)18(24)9-16/h3-10H,11-12H2,1-2H3,(H,25,28). The zero-order valence-corrected chi connectivity index (χ0v) is 17.6. The number of ether oxygens (including phenoxy) is 2. The topological polar surface area (TPSA) is 86.5 Å². The van der Waals surface area contributed by atoms with Crippen molar-refractivity contribution in [2.24, 2.45) is 0 Å². The average molecular weight is 444 g/mol. The van der Waals surface area contributed by atoms with Crippen molar-refractivity contribution in [3.63, 3.8) is 0 Å². The average Bonchev–Trinajstić information content (AvgIpc) is 3.18. The minimum atomic E-state index is -0.609. The molecule has 1 aliphatic rings. The normalized spacial score (nSPS) is 17.5. The zero-order chi connectivity index (χ0) is 22.0. The lowest BCUT2D eigenvalue weighted by Crippen LogP contribution is -2.39. The van der Waals surface area contributed by atoms with Crippen LogP contribution in [0.2, 0.25) is 5.02 Å². The van der Waals surface area contributed by atoms with Gasteiger partial charge < -0.3 is 19.2 Å². The summed E-state index contributed by atoms with van der Waals surface area (Å²) in [4.78, 5) is 12.1. The fraction of sp³-hybridized carbons (Fsp3) is 0.227. The minimum Gasteiger partial charge on any atom is -0.484 e. The Labute approximate surface area is 182 Å². The van der Waals surface area contributed by atoms with Crippen LogP contribution in [0.3, 0.4) is 0 Å². The molecule has 0 fully saturated rings. The number of carbonyl (C=O) groups is 1. The predicted octanol–water partition coefficient (Wildman–Crippen LogP) is 4.70. The molecule has 0 aliphatic heterocycles. The van der Waals surface area contributed by atoms with Crippen LogP contribution in [0.4, 0.5) is 4.39 Å². The van der Waals surface area contributed by atoms with E-state index in [1.807, 2.05) is 44.2 Å². The summed E-state index contributed by atoms with van der Waals surface area (Å²) in [6.07, 6.45) is 2.38. The van der Waals surface area contributed by atoms with Crippen molar-refractivity contribution >= 4 is 17.5 Å². The van der Waals surface area contributed by atoms with E-state index in [1.54, 1.807) is 0 Å². The molecule has 1 unspecified atom stereocenters. The van der Waals surface area contributed by atoms with Gasteiger partial charge in [-0.25, -0.2) is 4.39 Å². The number of nitrogens with zero attached hydrogens (tertiary/aromatic N) is 2. The predicted molar refractivity (Wildman–Crippen MR) is 111 cm³/mol. The van der Waals surface area contributed by atoms with E-state index in [2.05, 4.69) is 15.5 Å². The monoisotopic (exact) mass is 443 g/mol. The highest BCUT2D eigenvalue weighted by Crippen LogP contribution is 2.40. The van der Waals surface area contributed by atoms with Crippen molar-refractivity contribution in [2.75, 3.05) is 6.61 Å². The quantitative estimate of drug-likeness (QED) is 0.569. The Morgan fingerprint density at radius 2 is 1.94 bits per heavy atom. The Bertz CT molecular complexity index is 1150. The number of nitrogens with one attached hydrogen (secondary N) is 1. The van der Waals surface area contributed by atoms with Crippen LogP contribution in [0.25, 0.3) is 0 Å². The van der Waals surface area contributed by atoms with E-state index in [9.17, 15) is 9.18 Å². The number of benzene rings is 2. The van der Waals surface area contributed by atoms with Gasteiger partial charge in [0.05, 0.1) is 10.4 Å². The van der Waals surface area contributed by atoms with E-state index < -0.39 is 11.2 Å². The molecular weight excluding hydrogens is 425 g/mol. The van der Waals surface area contributed by atoms with E-state index in [4.69, 9.17) is 25.5 Å². The lowest BCUT2D eigenvalue weighted by Gasteiger charge is -2.33. The molecule has 1 aromatic heterocycles. The fourth-order valence-corrected chi connectivity index (χ4v) is 3.21. The Balaban J connectivity index is 1.31. The van der Waals surface area contributed by atoms with Crippen molar-refractivity contribution in [1.82, 2.24) is 15.5 Å². The van der Waals surface area contributed by atoms with E-state index in [0.29, 0.717) is 23.8 Å². The van der Waals surface area contributed by atoms with Gasteiger partial charge in [-0.2, -0.15) is 0 Å². The summed E-state index contributed by atoms with van der Waals surface area (Å²) in [7, 11) is 0. The third-order valence-corrected chi connectivity index (χ3v) is 5.04. The molecule has 3 aromatic rings. The van der Waals surface area contributed by atoms with Crippen LogP contribution >= 0.6 is 11.6 Å². The molecule has 160 valence electrons. The second-order valence-corrected chi connectivity index (χ2v) is 7.87. The van der Waals surface area contributed by atoms with E-state index in [0.717, 1.165) is 11.6 Å². The Morgan fingerprint density at radius 1 is 1.23 bits per heavy atom. The third-order valence-electron chi connectivity index (χ3n) is 4.73. The van der Waals surface area contributed by atoms with Gasteiger partial charge in [0, 0.05) is 18.2 Å². The maximum Gasteiger partial charge on any atom is 0.420 e. The van der Waals surface area contributed by atoms with Crippen LogP contribution in [-0.2, 0) is 10.2 Å². The smallest absolute Gasteiger partial charge is 0.420 e. The number of carbonyl (C=O) groups excluding carboxylic acids is 1. The fourth-order valence-electron chi connectivity index (χ4n) is 3.09. The van der Waals surface area contributed by atoms with Gasteiger partial charge in [-0.05, 0) is 44.2 Å². The first kappa shape index (κ1) is 20.9. The Hall–Kier alpha value is -3.39. The van der Waals surface area contributed by atoms with Crippen molar-refractivity contribution in [3.8, 4) is 17.6 Å². The van der Waals surface area contributed by atoms with Crippen LogP contribution in [0.1, 0.15) is 24.8 Å². The zero-order valence-electron chi connectivity index (χ0n) is 16.8. The molecule has 0 spiro atoms. The number of rotatable bonds is 7. The molecule has 1 aliphatic carbocycles. The van der Waals surface area contributed by atoms with Crippen LogP contribution in [0, 0.1) is 12.7 Å². The maximum absolute atomic E-state index is 13.4. The highest BCUT2D eigenvalue weighted by molar-refractivity contribution is 6.30. The first-order valence-corrected chi connectivity index (χ1v) is 9.86. The number of hydrogen-bond donors (Lipinski definition) is 1. The molecule has 7 nitrogen and oxygen atoms in total. The molecule has 31 heavy (non-hydrogen) atoms. The maximum atomic E-state index is 13.4. The number of hydrogen-bond acceptors (Lipinski definition) is 6. The van der Waals surface area contributed by atoms with Gasteiger partial charge in [-0.3, -0.25) is 4.79 Å². The van der Waals surface area contributed by atoms with Crippen molar-refractivity contribution in [1.29, 1.82) is 0 Å². The van der Waals surface area contributed by atoms with Gasteiger partial charge in [-0.15, -0.1) is 5.10 Å². The molecular formula is C22H19ClFN3O4. The summed E-state index contributed by atoms with van der Waals surface area (Å²) in [6, 6.07) is 11.5. The Kier molecular flexibility index (Phi) is 5.65. The third kappa shape index (κ3) is 4.86. The van der Waals surface area contributed by atoms with Crippen molar-refractivity contribution in [2.45, 2.75) is 25.7 Å². The first-order chi connectivity index (χ1) is 14.8. The summed E-state index contributed by atoms with van der Waals surface area (Å²) in [5.74, 6) is 0.237. The van der Waals surface area contributed by atoms with Crippen molar-refractivity contribution in [3.05, 3.63) is 76.5 Å². The second-order valence-electron chi connectivity index (χ2n) is 7.46. The highest BCUT2D eigenvalue weighted by atomic mass is 35.5. The van der Waals surface area contributed by atoms with E-state index in [1.165, 1.54) is 12.1 Å². The lowest BCUT2D eigenvalue weighted by atomic mass is 9.75. The van der Waals surface area contributed by atoms with Gasteiger partial charge >= 0.3 is 6.08 Å². The van der Waals surface area contributed by atoms with Gasteiger partial charge in [0.25, 0.3) is 5.91 Å². The SMILES string of the molecule is Cc1ccc(Oc2nnc(C3(C)C=C(NC(=O)COc4ccc(Cl)c(F)c4)C3)o2)cc1. The largest absolute Gasteiger partial charge is 0.484 e. The van der Waals surface area contributed by atoms with Gasteiger partial charge in [0.1, 0.15) is 17.3 Å². The first-order valence-electron chi connectivity index (χ1n) is 9.49. The summed E-state index contributed by atoms with van der Waals surface area (Å²) in [6.45, 7) is 3.64. The van der Waals surface area contributed by atoms with E-state index in [-0.39, 0.29) is 29.4 Å². The molecule has 4 rings (SSSR count). The number of halogens is 2. The molecule has 1 amide bonds. The summed E-state index contributed by atoms with van der Waals surface area (Å²) < 4.78 is 29.9. The van der Waals surface area contributed by atoms with Gasteiger partial charge in [-0.1, -0.05) is 34.4 Å². The number of allylic oxidation sites excluding steroid dienone is 2. The lowest BCUT2D eigenvalue weighted by molar-refractivity contribution is -0.122. The molecule has 9 heteroatoms. The Morgan fingerprint density at radius 3 is 2.65 bits per heavy atom. The van der Waals surface area contributed by atoms with Crippen molar-refractivity contribution < 1.29 is 23.1 Å². The van der Waals surface area contributed by atoms with Crippen LogP contribution in [0.5, 0.6) is 17.6 Å². The van der Waals surface area contributed by atoms with E-state index >= 15 is 0 Å². The summed E-state index contributed by atoms with van der Waals surface area (Å²) >= 11 is 5.62. The number of amides is 1. The molecule has 2 aromatic carbocycles. The molecule has 0 radical (unpaired) electrons. The number of aryl methyl sites for hydroxylation is 1. The summed E-state index contributed by atoms with van der Waals surface area (Å²) in [5, 5.41) is 10.7. The van der Waals surface area contributed by atoms with Crippen LogP contribution in [-0.4, -0.2) is 22.7 Å². The molecule has 1 atom stereocenters. The molecule has 1 heterocycles. The van der Waals surface area contributed by atoms with Crippen LogP contribution in [0.15, 0.2) is 58.7 Å². The minimum absolute atomic E-state index is 0.0100.